The van der Waals surface area contributed by atoms with Gasteiger partial charge in [0.25, 0.3) is 0 Å². The van der Waals surface area contributed by atoms with Gasteiger partial charge in [-0.25, -0.2) is 4.98 Å². The Bertz CT molecular complexity index is 639. The molecule has 0 amide bonds. The van der Waals surface area contributed by atoms with Crippen molar-refractivity contribution in [3.05, 3.63) is 23.8 Å². The van der Waals surface area contributed by atoms with E-state index in [0.717, 1.165) is 25.0 Å². The van der Waals surface area contributed by atoms with Crippen LogP contribution >= 0.6 is 0 Å². The van der Waals surface area contributed by atoms with Crippen LogP contribution in [0.3, 0.4) is 0 Å². The maximum Gasteiger partial charge on any atom is 0.134 e. The lowest BCUT2D eigenvalue weighted by Crippen LogP contribution is -2.45. The first kappa shape index (κ1) is 18.2. The number of aromatic nitrogens is 2. The minimum absolute atomic E-state index is 0.186. The first-order chi connectivity index (χ1) is 12.6. The van der Waals surface area contributed by atoms with Gasteiger partial charge in [0.15, 0.2) is 0 Å². The van der Waals surface area contributed by atoms with Gasteiger partial charge < -0.3 is 14.8 Å². The Morgan fingerprint density at radius 2 is 2.04 bits per heavy atom. The fourth-order valence-electron chi connectivity index (χ4n) is 5.03. The lowest BCUT2D eigenvalue weighted by Gasteiger charge is -2.38. The van der Waals surface area contributed by atoms with E-state index in [2.05, 4.69) is 59.1 Å². The highest BCUT2D eigenvalue weighted by Gasteiger charge is 2.60. The number of rotatable bonds is 6. The lowest BCUT2D eigenvalue weighted by atomic mass is 10.0. The van der Waals surface area contributed by atoms with Gasteiger partial charge in [0.1, 0.15) is 11.5 Å². The van der Waals surface area contributed by atoms with Crippen molar-refractivity contribution in [1.29, 1.82) is 0 Å². The fourth-order valence-corrected chi connectivity index (χ4v) is 5.03. The topological polar surface area (TPSA) is 36.3 Å². The largest absolute Gasteiger partial charge is 0.312 e. The molecule has 1 aliphatic carbocycles. The molecule has 0 aromatic carbocycles. The van der Waals surface area contributed by atoms with Crippen LogP contribution in [0.25, 0.3) is 6.08 Å². The monoisotopic (exact) mass is 357 g/mol. The molecule has 1 aromatic heterocycles. The van der Waals surface area contributed by atoms with Gasteiger partial charge >= 0.3 is 0 Å². The lowest BCUT2D eigenvalue weighted by molar-refractivity contribution is 0.0801. The third-order valence-corrected chi connectivity index (χ3v) is 6.57. The number of hydrogen-bond donors (Lipinski definition) is 1. The molecule has 3 heterocycles. The molecule has 0 bridgehead atoms. The molecule has 2 atom stereocenters. The maximum atomic E-state index is 4.90. The standard InChI is InChI=1S/C21H35N5/c1-4-11-22-15-18-16-26-20(23-18)10-9-17-14-21(17,26)25-12-5-7-19(24(2)3)8-6-13-25/h9-10,16-17,19,22H,4-8,11-15H2,1-3H3. The number of fused-ring (bicyclic) bond motifs is 3. The Balaban J connectivity index is 1.49. The molecule has 2 aliphatic heterocycles. The van der Waals surface area contributed by atoms with Gasteiger partial charge in [-0.3, -0.25) is 4.90 Å². The third kappa shape index (κ3) is 3.25. The van der Waals surface area contributed by atoms with Crippen LogP contribution in [-0.4, -0.2) is 59.1 Å². The molecule has 0 spiro atoms. The average molecular weight is 358 g/mol. The Kier molecular flexibility index (Phi) is 5.22. The highest BCUT2D eigenvalue weighted by Crippen LogP contribution is 2.57. The molecule has 1 saturated heterocycles. The molecule has 1 saturated carbocycles. The summed E-state index contributed by atoms with van der Waals surface area (Å²) >= 11 is 0. The van der Waals surface area contributed by atoms with Gasteiger partial charge in [0, 0.05) is 37.8 Å². The summed E-state index contributed by atoms with van der Waals surface area (Å²) < 4.78 is 2.51. The highest BCUT2D eigenvalue weighted by molar-refractivity contribution is 5.49. The minimum Gasteiger partial charge on any atom is -0.312 e. The zero-order valence-corrected chi connectivity index (χ0v) is 16.7. The number of nitrogens with one attached hydrogen (secondary N) is 1. The molecule has 3 aliphatic rings. The van der Waals surface area contributed by atoms with Crippen LogP contribution in [0.1, 0.15) is 57.0 Å². The summed E-state index contributed by atoms with van der Waals surface area (Å²) in [6, 6.07) is 0.760. The van der Waals surface area contributed by atoms with Gasteiger partial charge in [-0.05, 0) is 65.2 Å². The molecule has 2 fully saturated rings. The van der Waals surface area contributed by atoms with E-state index in [1.807, 2.05) is 0 Å². The Hall–Kier alpha value is -1.17. The number of imidazole rings is 1. The summed E-state index contributed by atoms with van der Waals surface area (Å²) in [6.45, 7) is 6.59. The maximum absolute atomic E-state index is 4.90. The third-order valence-electron chi connectivity index (χ3n) is 6.57. The van der Waals surface area contributed by atoms with Crippen LogP contribution in [0.2, 0.25) is 0 Å². The van der Waals surface area contributed by atoms with E-state index in [4.69, 9.17) is 4.98 Å². The fraction of sp³-hybridized carbons (Fsp3) is 0.762. The summed E-state index contributed by atoms with van der Waals surface area (Å²) in [6.07, 6.45) is 14.6. The molecule has 0 radical (unpaired) electrons. The van der Waals surface area contributed by atoms with Crippen molar-refractivity contribution in [2.75, 3.05) is 33.7 Å². The molecule has 5 nitrogen and oxygen atoms in total. The summed E-state index contributed by atoms with van der Waals surface area (Å²) in [5.41, 5.74) is 1.37. The Labute approximate surface area is 158 Å². The molecule has 5 heteroatoms. The number of nitrogens with zero attached hydrogens (tertiary/aromatic N) is 4. The molecule has 4 rings (SSSR count). The van der Waals surface area contributed by atoms with Gasteiger partial charge in [-0.1, -0.05) is 13.0 Å². The minimum atomic E-state index is 0.186. The zero-order chi connectivity index (χ0) is 18.1. The van der Waals surface area contributed by atoms with E-state index in [1.54, 1.807) is 0 Å². The summed E-state index contributed by atoms with van der Waals surface area (Å²) in [4.78, 5) is 10.1. The van der Waals surface area contributed by atoms with Crippen molar-refractivity contribution in [3.63, 3.8) is 0 Å². The van der Waals surface area contributed by atoms with Crippen LogP contribution in [-0.2, 0) is 12.2 Å². The van der Waals surface area contributed by atoms with E-state index in [0.29, 0.717) is 5.92 Å². The second kappa shape index (κ2) is 7.45. The zero-order valence-electron chi connectivity index (χ0n) is 16.7. The van der Waals surface area contributed by atoms with Crippen LogP contribution in [0, 0.1) is 5.92 Å². The van der Waals surface area contributed by atoms with Crippen LogP contribution in [0.4, 0.5) is 0 Å². The molecule has 26 heavy (non-hydrogen) atoms. The normalized spacial score (nSPS) is 29.3. The number of likely N-dealkylation sites (tertiary alicyclic amines) is 1. The van der Waals surface area contributed by atoms with Gasteiger partial charge in [-0.2, -0.15) is 0 Å². The molecule has 2 unspecified atom stereocenters. The molecular formula is C21H35N5. The highest BCUT2D eigenvalue weighted by atomic mass is 15.4. The average Bonchev–Trinajstić information content (AvgIpc) is 3.19. The van der Waals surface area contributed by atoms with Gasteiger partial charge in [0.05, 0.1) is 5.69 Å². The smallest absolute Gasteiger partial charge is 0.134 e. The van der Waals surface area contributed by atoms with Gasteiger partial charge in [-0.15, -0.1) is 0 Å². The van der Waals surface area contributed by atoms with E-state index in [1.165, 1.54) is 57.3 Å². The summed E-state index contributed by atoms with van der Waals surface area (Å²) in [7, 11) is 4.47. The molecule has 1 aromatic rings. The predicted molar refractivity (Wildman–Crippen MR) is 107 cm³/mol. The molecular weight excluding hydrogens is 322 g/mol. The summed E-state index contributed by atoms with van der Waals surface area (Å²) in [5.74, 6) is 1.82. The van der Waals surface area contributed by atoms with Crippen molar-refractivity contribution in [2.45, 2.75) is 63.7 Å². The SMILES string of the molecule is CCCNCc1cn2c(n1)C=CC1CC12N1CCCC(N(C)C)CCC1. The van der Waals surface area contributed by atoms with E-state index >= 15 is 0 Å². The van der Waals surface area contributed by atoms with Crippen molar-refractivity contribution in [3.8, 4) is 0 Å². The Morgan fingerprint density at radius 1 is 1.27 bits per heavy atom. The quantitative estimate of drug-likeness (QED) is 0.794. The summed E-state index contributed by atoms with van der Waals surface area (Å²) in [5, 5.41) is 3.50. The van der Waals surface area contributed by atoms with Gasteiger partial charge in [0.2, 0.25) is 0 Å². The number of hydrogen-bond acceptors (Lipinski definition) is 4. The second-order valence-electron chi connectivity index (χ2n) is 8.57. The van der Waals surface area contributed by atoms with E-state index < -0.39 is 0 Å². The van der Waals surface area contributed by atoms with E-state index in [9.17, 15) is 0 Å². The van der Waals surface area contributed by atoms with Crippen LogP contribution < -0.4 is 5.32 Å². The second-order valence-corrected chi connectivity index (χ2v) is 8.57. The van der Waals surface area contributed by atoms with Crippen LogP contribution in [0.5, 0.6) is 0 Å². The van der Waals surface area contributed by atoms with Crippen molar-refractivity contribution >= 4 is 6.08 Å². The van der Waals surface area contributed by atoms with Crippen molar-refractivity contribution in [1.82, 2.24) is 24.7 Å². The Morgan fingerprint density at radius 3 is 2.73 bits per heavy atom. The first-order valence-corrected chi connectivity index (χ1v) is 10.5. The van der Waals surface area contributed by atoms with Crippen molar-refractivity contribution < 1.29 is 0 Å². The molecule has 144 valence electrons. The molecule has 1 N–H and O–H groups in total. The van der Waals surface area contributed by atoms with Crippen LogP contribution in [0.15, 0.2) is 12.3 Å². The predicted octanol–water partition coefficient (Wildman–Crippen LogP) is 2.89. The van der Waals surface area contributed by atoms with Crippen molar-refractivity contribution in [2.24, 2.45) is 5.92 Å². The van der Waals surface area contributed by atoms with E-state index in [-0.39, 0.29) is 5.66 Å². The first-order valence-electron chi connectivity index (χ1n) is 10.5.